The van der Waals surface area contributed by atoms with Crippen molar-refractivity contribution < 1.29 is 27.8 Å². The number of benzene rings is 1. The lowest BCUT2D eigenvalue weighted by Crippen LogP contribution is -2.62. The molecule has 1 aromatic rings. The summed E-state index contributed by atoms with van der Waals surface area (Å²) >= 11 is 0. The normalized spacial score (nSPS) is 42.3. The molecular weight excluding hydrogens is 392 g/mol. The van der Waals surface area contributed by atoms with Gasteiger partial charge in [-0.1, -0.05) is 32.0 Å². The van der Waals surface area contributed by atoms with E-state index in [0.717, 1.165) is 6.42 Å². The van der Waals surface area contributed by atoms with E-state index in [0.29, 0.717) is 12.8 Å². The van der Waals surface area contributed by atoms with Gasteiger partial charge in [0.15, 0.2) is 9.84 Å². The Morgan fingerprint density at radius 3 is 2.55 bits per heavy atom. The van der Waals surface area contributed by atoms with Gasteiger partial charge in [-0.3, -0.25) is 4.79 Å². The fraction of sp³-hybridized carbons (Fsp3) is 0.682. The van der Waals surface area contributed by atoms with Crippen molar-refractivity contribution in [2.24, 2.45) is 17.3 Å². The zero-order valence-corrected chi connectivity index (χ0v) is 18.2. The standard InChI is InChI=1S/C22H30O6S/c1-14(19(24)27-4)15-10-11-20(2)18(29(25,26)16-8-6-5-7-9-16)12-17(23)21(3)22(20,13-15)28-21/h5-9,14-15,17-18,23H,10-13H2,1-4H3/t14-,15+,17-,18+,20-,21-,22+/m0/s1. The maximum Gasteiger partial charge on any atom is 0.308 e. The molecule has 1 aliphatic heterocycles. The first-order valence-electron chi connectivity index (χ1n) is 10.3. The lowest BCUT2D eigenvalue weighted by molar-refractivity contribution is -0.148. The Morgan fingerprint density at radius 2 is 1.93 bits per heavy atom. The number of epoxide rings is 1. The van der Waals surface area contributed by atoms with Crippen LogP contribution >= 0.6 is 0 Å². The lowest BCUT2D eigenvalue weighted by Gasteiger charge is -2.52. The van der Waals surface area contributed by atoms with Crippen LogP contribution in [0.2, 0.25) is 0 Å². The highest BCUT2D eigenvalue weighted by molar-refractivity contribution is 7.92. The fourth-order valence-electron chi connectivity index (χ4n) is 6.15. The van der Waals surface area contributed by atoms with Gasteiger partial charge in [-0.2, -0.15) is 0 Å². The topological polar surface area (TPSA) is 93.2 Å². The molecule has 2 saturated carbocycles. The molecule has 3 aliphatic rings. The molecule has 0 aromatic heterocycles. The number of rotatable bonds is 4. The van der Waals surface area contributed by atoms with E-state index in [1.807, 2.05) is 20.8 Å². The molecule has 7 heteroatoms. The number of sulfone groups is 1. The number of hydrogen-bond acceptors (Lipinski definition) is 6. The Bertz CT molecular complexity index is 914. The highest BCUT2D eigenvalue weighted by Gasteiger charge is 2.83. The number of esters is 1. The van der Waals surface area contributed by atoms with E-state index in [1.165, 1.54) is 7.11 Å². The van der Waals surface area contributed by atoms with E-state index in [2.05, 4.69) is 0 Å². The van der Waals surface area contributed by atoms with Crippen LogP contribution < -0.4 is 0 Å². The molecule has 1 aromatic carbocycles. The van der Waals surface area contributed by atoms with Crippen LogP contribution in [0.3, 0.4) is 0 Å². The minimum atomic E-state index is -3.65. The second-order valence-corrected chi connectivity index (χ2v) is 11.5. The van der Waals surface area contributed by atoms with Gasteiger partial charge in [0, 0.05) is 5.41 Å². The summed E-state index contributed by atoms with van der Waals surface area (Å²) < 4.78 is 38.4. The molecular formula is C22H30O6S. The second-order valence-electron chi connectivity index (χ2n) is 9.37. The SMILES string of the molecule is COC(=O)[C@@H](C)[C@@H]1CC[C@@]2(C)[C@H](S(=O)(=O)c3ccccc3)C[C@H](O)[C@]3(C)O[C@]23C1. The van der Waals surface area contributed by atoms with Crippen molar-refractivity contribution in [1.29, 1.82) is 0 Å². The molecule has 29 heavy (non-hydrogen) atoms. The smallest absolute Gasteiger partial charge is 0.308 e. The van der Waals surface area contributed by atoms with E-state index in [9.17, 15) is 18.3 Å². The maximum atomic E-state index is 13.6. The van der Waals surface area contributed by atoms with Crippen LogP contribution in [0, 0.1) is 17.3 Å². The van der Waals surface area contributed by atoms with Gasteiger partial charge in [0.1, 0.15) is 11.2 Å². The summed E-state index contributed by atoms with van der Waals surface area (Å²) in [5.41, 5.74) is -2.17. The van der Waals surface area contributed by atoms with Gasteiger partial charge in [0.2, 0.25) is 0 Å². The molecule has 6 nitrogen and oxygen atoms in total. The molecule has 0 unspecified atom stereocenters. The second kappa shape index (κ2) is 6.53. The van der Waals surface area contributed by atoms with Crippen molar-refractivity contribution >= 4 is 15.8 Å². The third-order valence-corrected chi connectivity index (χ3v) is 10.6. The quantitative estimate of drug-likeness (QED) is 0.592. The van der Waals surface area contributed by atoms with Crippen LogP contribution in [0.1, 0.15) is 46.5 Å². The minimum absolute atomic E-state index is 0.0303. The van der Waals surface area contributed by atoms with Crippen LogP contribution in [0.5, 0.6) is 0 Å². The third-order valence-electron chi connectivity index (χ3n) is 8.16. The first-order valence-corrected chi connectivity index (χ1v) is 11.8. The van der Waals surface area contributed by atoms with Crippen molar-refractivity contribution in [1.82, 2.24) is 0 Å². The first kappa shape index (κ1) is 20.8. The monoisotopic (exact) mass is 422 g/mol. The lowest BCUT2D eigenvalue weighted by atomic mass is 9.53. The van der Waals surface area contributed by atoms with Crippen molar-refractivity contribution in [3.8, 4) is 0 Å². The van der Waals surface area contributed by atoms with Crippen LogP contribution in [0.25, 0.3) is 0 Å². The third kappa shape index (κ3) is 2.66. The average molecular weight is 423 g/mol. The fourth-order valence-corrected chi connectivity index (χ4v) is 8.44. The molecule has 1 N–H and O–H groups in total. The van der Waals surface area contributed by atoms with E-state index in [4.69, 9.17) is 9.47 Å². The maximum absolute atomic E-state index is 13.6. The van der Waals surface area contributed by atoms with Crippen LogP contribution in [0.15, 0.2) is 35.2 Å². The molecule has 2 aliphatic carbocycles. The molecule has 0 amide bonds. The van der Waals surface area contributed by atoms with Crippen LogP contribution in [-0.2, 0) is 24.1 Å². The van der Waals surface area contributed by atoms with Crippen LogP contribution in [0.4, 0.5) is 0 Å². The summed E-state index contributed by atoms with van der Waals surface area (Å²) in [6, 6.07) is 8.46. The molecule has 160 valence electrons. The zero-order valence-electron chi connectivity index (χ0n) is 17.4. The van der Waals surface area contributed by atoms with E-state index in [1.54, 1.807) is 30.3 Å². The van der Waals surface area contributed by atoms with Gasteiger partial charge in [-0.25, -0.2) is 8.42 Å². The van der Waals surface area contributed by atoms with Crippen molar-refractivity contribution in [2.45, 2.75) is 73.9 Å². The summed E-state index contributed by atoms with van der Waals surface area (Å²) in [4.78, 5) is 12.4. The molecule has 1 spiro atoms. The van der Waals surface area contributed by atoms with Crippen molar-refractivity contribution in [2.75, 3.05) is 7.11 Å². The number of methoxy groups -OCH3 is 1. The number of aliphatic hydroxyl groups excluding tert-OH is 1. The minimum Gasteiger partial charge on any atom is -0.469 e. The number of hydrogen-bond donors (Lipinski definition) is 1. The summed E-state index contributed by atoms with van der Waals surface area (Å²) in [7, 11) is -2.27. The highest BCUT2D eigenvalue weighted by atomic mass is 32.2. The van der Waals surface area contributed by atoms with Crippen molar-refractivity contribution in [3.63, 3.8) is 0 Å². The van der Waals surface area contributed by atoms with E-state index >= 15 is 0 Å². The van der Waals surface area contributed by atoms with E-state index in [-0.39, 0.29) is 29.1 Å². The number of aliphatic hydroxyl groups is 1. The Hall–Kier alpha value is -1.44. The van der Waals surface area contributed by atoms with E-state index < -0.39 is 37.8 Å². The molecule has 3 fully saturated rings. The van der Waals surface area contributed by atoms with Gasteiger partial charge in [0.25, 0.3) is 0 Å². The van der Waals surface area contributed by atoms with Crippen molar-refractivity contribution in [3.05, 3.63) is 30.3 Å². The Balaban J connectivity index is 1.74. The van der Waals surface area contributed by atoms with Gasteiger partial charge in [-0.05, 0) is 50.7 Å². The molecule has 1 saturated heterocycles. The predicted molar refractivity (Wildman–Crippen MR) is 107 cm³/mol. The summed E-state index contributed by atoms with van der Waals surface area (Å²) in [5, 5.41) is 10.2. The first-order chi connectivity index (χ1) is 13.5. The number of carbonyl (C=O) groups excluding carboxylic acids is 1. The molecule has 1 heterocycles. The molecule has 0 radical (unpaired) electrons. The molecule has 4 rings (SSSR count). The number of carbonyl (C=O) groups is 1. The zero-order chi connectivity index (χ0) is 21.2. The summed E-state index contributed by atoms with van der Waals surface area (Å²) in [6.07, 6.45) is 1.19. The predicted octanol–water partition coefficient (Wildman–Crippen LogP) is 2.74. The van der Waals surface area contributed by atoms with Gasteiger partial charge in [-0.15, -0.1) is 0 Å². The Labute approximate surface area is 172 Å². The summed E-state index contributed by atoms with van der Waals surface area (Å²) in [6.45, 7) is 5.73. The van der Waals surface area contributed by atoms with Crippen LogP contribution in [-0.4, -0.2) is 49.2 Å². The average Bonchev–Trinajstić information content (AvgIpc) is 3.34. The molecule has 0 bridgehead atoms. The van der Waals surface area contributed by atoms with Gasteiger partial charge in [0.05, 0.1) is 29.3 Å². The highest BCUT2D eigenvalue weighted by Crippen LogP contribution is 2.72. The van der Waals surface area contributed by atoms with Gasteiger partial charge < -0.3 is 14.6 Å². The number of ether oxygens (including phenoxy) is 2. The summed E-state index contributed by atoms with van der Waals surface area (Å²) in [5.74, 6) is -0.527. The van der Waals surface area contributed by atoms with Gasteiger partial charge >= 0.3 is 5.97 Å². The largest absolute Gasteiger partial charge is 0.469 e. The Kier molecular flexibility index (Phi) is 4.69. The Morgan fingerprint density at radius 1 is 1.28 bits per heavy atom. The molecule has 7 atom stereocenters.